The number of benzene rings is 1. The Balaban J connectivity index is 1.85. The van der Waals surface area contributed by atoms with Crippen LogP contribution >= 0.6 is 0 Å². The second-order valence-electron chi connectivity index (χ2n) is 8.01. The summed E-state index contributed by atoms with van der Waals surface area (Å²) in [5.74, 6) is -3.62. The van der Waals surface area contributed by atoms with Crippen LogP contribution in [0.3, 0.4) is 0 Å². The number of likely N-dealkylation sites (tertiary alicyclic amines) is 1. The molecule has 1 heterocycles. The monoisotopic (exact) mass is 360 g/mol. The molecule has 2 aliphatic rings. The van der Waals surface area contributed by atoms with E-state index in [2.05, 4.69) is 0 Å². The average Bonchev–Trinajstić information content (AvgIpc) is 3.01. The summed E-state index contributed by atoms with van der Waals surface area (Å²) >= 11 is 0. The Morgan fingerprint density at radius 2 is 1.96 bits per heavy atom. The van der Waals surface area contributed by atoms with Gasteiger partial charge >= 0.3 is 5.92 Å². The van der Waals surface area contributed by atoms with E-state index >= 15 is 0 Å². The maximum Gasteiger partial charge on any atom is 0.311 e. The highest BCUT2D eigenvalue weighted by molar-refractivity contribution is 6.03. The maximum atomic E-state index is 14.7. The lowest BCUT2D eigenvalue weighted by molar-refractivity contribution is -0.178. The molecular formula is C20H22F2N2O2. The number of allylic oxidation sites excluding steroid dienone is 1. The highest BCUT2D eigenvalue weighted by atomic mass is 19.3. The summed E-state index contributed by atoms with van der Waals surface area (Å²) in [6.45, 7) is 4.03. The Morgan fingerprint density at radius 3 is 2.58 bits per heavy atom. The van der Waals surface area contributed by atoms with Gasteiger partial charge < -0.3 is 5.11 Å². The summed E-state index contributed by atoms with van der Waals surface area (Å²) in [4.78, 5) is 13.7. The highest BCUT2D eigenvalue weighted by Crippen LogP contribution is 2.49. The van der Waals surface area contributed by atoms with E-state index < -0.39 is 23.0 Å². The van der Waals surface area contributed by atoms with Gasteiger partial charge in [-0.2, -0.15) is 14.0 Å². The van der Waals surface area contributed by atoms with Crippen LogP contribution < -0.4 is 0 Å². The van der Waals surface area contributed by atoms with Crippen molar-refractivity contribution in [3.63, 3.8) is 0 Å². The van der Waals surface area contributed by atoms with Crippen molar-refractivity contribution in [2.75, 3.05) is 13.1 Å². The van der Waals surface area contributed by atoms with E-state index in [0.29, 0.717) is 12.8 Å². The van der Waals surface area contributed by atoms with E-state index in [4.69, 9.17) is 0 Å². The quantitative estimate of drug-likeness (QED) is 0.899. The normalized spacial score (nSPS) is 27.2. The maximum absolute atomic E-state index is 14.7. The largest absolute Gasteiger partial charge is 0.372 e. The first kappa shape index (κ1) is 18.7. The van der Waals surface area contributed by atoms with Crippen molar-refractivity contribution in [2.45, 2.75) is 38.8 Å². The molecule has 0 saturated carbocycles. The van der Waals surface area contributed by atoms with Gasteiger partial charge in [0.15, 0.2) is 12.0 Å². The lowest BCUT2D eigenvalue weighted by Crippen LogP contribution is -2.47. The summed E-state index contributed by atoms with van der Waals surface area (Å²) in [7, 11) is 0. The number of ketones is 1. The fraction of sp³-hybridized carbons (Fsp3) is 0.500. The van der Waals surface area contributed by atoms with Gasteiger partial charge in [-0.15, -0.1) is 0 Å². The average molecular weight is 360 g/mol. The van der Waals surface area contributed by atoms with E-state index in [-0.39, 0.29) is 30.0 Å². The smallest absolute Gasteiger partial charge is 0.311 e. The molecule has 0 radical (unpaired) electrons. The number of carbonyl (C=O) groups is 1. The molecule has 2 unspecified atom stereocenters. The Bertz CT molecular complexity index is 783. The Kier molecular flexibility index (Phi) is 4.50. The highest BCUT2D eigenvalue weighted by Gasteiger charge is 2.52. The number of nitriles is 1. The number of alkyl halides is 2. The molecule has 3 rings (SSSR count). The van der Waals surface area contributed by atoms with Gasteiger partial charge in [0.2, 0.25) is 0 Å². The van der Waals surface area contributed by atoms with Crippen molar-refractivity contribution >= 4 is 5.78 Å². The minimum Gasteiger partial charge on any atom is -0.372 e. The first-order valence-electron chi connectivity index (χ1n) is 8.65. The molecule has 1 N–H and O–H groups in total. The van der Waals surface area contributed by atoms with Crippen LogP contribution in [0.1, 0.15) is 32.3 Å². The van der Waals surface area contributed by atoms with Crippen molar-refractivity contribution in [2.24, 2.45) is 10.8 Å². The predicted molar refractivity (Wildman–Crippen MR) is 92.1 cm³/mol. The number of nitrogens with zero attached hydrogens (tertiary/aromatic N) is 2. The second kappa shape index (κ2) is 6.26. The number of aliphatic hydroxyl groups is 1. The zero-order valence-corrected chi connectivity index (χ0v) is 14.9. The van der Waals surface area contributed by atoms with Crippen LogP contribution in [-0.4, -0.2) is 35.1 Å². The van der Waals surface area contributed by atoms with Gasteiger partial charge in [0.25, 0.3) is 0 Å². The Morgan fingerprint density at radius 1 is 1.31 bits per heavy atom. The predicted octanol–water partition coefficient (Wildman–Crippen LogP) is 3.24. The van der Waals surface area contributed by atoms with Crippen molar-refractivity contribution in [1.82, 2.24) is 4.90 Å². The van der Waals surface area contributed by atoms with E-state index in [9.17, 15) is 23.9 Å². The number of aliphatic hydroxyl groups excluding tert-OH is 1. The first-order chi connectivity index (χ1) is 12.1. The second-order valence-corrected chi connectivity index (χ2v) is 8.01. The Labute approximate surface area is 151 Å². The van der Waals surface area contributed by atoms with Gasteiger partial charge in [-0.25, -0.2) is 0 Å². The molecule has 1 aromatic rings. The van der Waals surface area contributed by atoms with E-state index in [0.717, 1.165) is 0 Å². The summed E-state index contributed by atoms with van der Waals surface area (Å²) in [5, 5.41) is 19.6. The van der Waals surface area contributed by atoms with E-state index in [1.54, 1.807) is 26.0 Å². The molecule has 4 nitrogen and oxygen atoms in total. The molecule has 0 bridgehead atoms. The number of rotatable bonds is 3. The summed E-state index contributed by atoms with van der Waals surface area (Å²) in [6.07, 6.45) is 0.679. The van der Waals surface area contributed by atoms with Crippen LogP contribution in [0.4, 0.5) is 8.78 Å². The van der Waals surface area contributed by atoms with E-state index in [1.807, 2.05) is 6.07 Å². The van der Waals surface area contributed by atoms with Crippen molar-refractivity contribution < 1.29 is 18.7 Å². The number of Topliss-reactive ketones (excluding diaryl/α,β-unsaturated/α-hetero) is 1. The molecule has 0 amide bonds. The molecule has 1 aromatic carbocycles. The number of carbonyl (C=O) groups excluding carboxylic acids is 1. The third-order valence-electron chi connectivity index (χ3n) is 5.47. The molecular weight excluding hydrogens is 338 g/mol. The topological polar surface area (TPSA) is 64.3 Å². The molecule has 1 aliphatic heterocycles. The zero-order chi connectivity index (χ0) is 19.2. The van der Waals surface area contributed by atoms with E-state index in [1.165, 1.54) is 29.2 Å². The molecule has 1 saturated heterocycles. The van der Waals surface area contributed by atoms with Gasteiger partial charge in [0.05, 0.1) is 5.57 Å². The fourth-order valence-corrected chi connectivity index (χ4v) is 4.27. The molecule has 1 aliphatic carbocycles. The van der Waals surface area contributed by atoms with Crippen LogP contribution in [0.15, 0.2) is 42.0 Å². The molecule has 1 fully saturated rings. The standard InChI is InChI=1S/C20H22F2N2O2/c1-18(2)12-19(10-14(11-23)16(18)25)8-9-24(13-19)17(26)20(21,22)15-6-4-3-5-7-15/h3-7,10,17,26H,8-9,12-13H2,1-2H3. The molecule has 6 heteroatoms. The van der Waals surface area contributed by atoms with Gasteiger partial charge in [-0.05, 0) is 12.8 Å². The number of hydrogen-bond acceptors (Lipinski definition) is 4. The van der Waals surface area contributed by atoms with Crippen LogP contribution in [-0.2, 0) is 10.7 Å². The van der Waals surface area contributed by atoms with Gasteiger partial charge in [-0.3, -0.25) is 9.69 Å². The molecule has 26 heavy (non-hydrogen) atoms. The molecule has 1 spiro atoms. The summed E-state index contributed by atoms with van der Waals surface area (Å²) in [5.41, 5.74) is -1.41. The molecule has 138 valence electrons. The van der Waals surface area contributed by atoms with Gasteiger partial charge in [0.1, 0.15) is 6.07 Å². The van der Waals surface area contributed by atoms with Crippen LogP contribution in [0.25, 0.3) is 0 Å². The minimum absolute atomic E-state index is 0.0902. The van der Waals surface area contributed by atoms with Crippen molar-refractivity contribution in [1.29, 1.82) is 5.26 Å². The zero-order valence-electron chi connectivity index (χ0n) is 14.9. The van der Waals surface area contributed by atoms with Crippen molar-refractivity contribution in [3.05, 3.63) is 47.5 Å². The SMILES string of the molecule is CC1(C)CC2(C=C(C#N)C1=O)CCN(C(O)C(F)(F)c1ccccc1)C2. The van der Waals surface area contributed by atoms with Gasteiger partial charge in [-0.1, -0.05) is 50.3 Å². The Hall–Kier alpha value is -2.10. The third-order valence-corrected chi connectivity index (χ3v) is 5.47. The third kappa shape index (κ3) is 3.06. The lowest BCUT2D eigenvalue weighted by Gasteiger charge is -2.39. The van der Waals surface area contributed by atoms with Gasteiger partial charge in [0, 0.05) is 29.5 Å². The van der Waals surface area contributed by atoms with Crippen LogP contribution in [0.2, 0.25) is 0 Å². The summed E-state index contributed by atoms with van der Waals surface area (Å²) in [6, 6.07) is 9.21. The van der Waals surface area contributed by atoms with Crippen LogP contribution in [0, 0.1) is 22.2 Å². The minimum atomic E-state index is -3.41. The van der Waals surface area contributed by atoms with Crippen molar-refractivity contribution in [3.8, 4) is 6.07 Å². The molecule has 2 atom stereocenters. The molecule has 0 aromatic heterocycles. The lowest BCUT2D eigenvalue weighted by atomic mass is 9.64. The number of halogens is 2. The van der Waals surface area contributed by atoms with Crippen LogP contribution in [0.5, 0.6) is 0 Å². The summed E-state index contributed by atoms with van der Waals surface area (Å²) < 4.78 is 29.4. The fourth-order valence-electron chi connectivity index (χ4n) is 4.27. The number of hydrogen-bond donors (Lipinski definition) is 1. The first-order valence-corrected chi connectivity index (χ1v) is 8.65.